The summed E-state index contributed by atoms with van der Waals surface area (Å²) in [4.78, 5) is 13.5. The van der Waals surface area contributed by atoms with Crippen molar-refractivity contribution in [3.63, 3.8) is 0 Å². The summed E-state index contributed by atoms with van der Waals surface area (Å²) in [5, 5.41) is 22.2. The molecule has 1 aromatic carbocycles. The van der Waals surface area contributed by atoms with Crippen LogP contribution < -0.4 is 5.32 Å². The van der Waals surface area contributed by atoms with Crippen LogP contribution in [-0.2, 0) is 11.8 Å². The number of hydrogen-bond donors (Lipinski definition) is 2. The van der Waals surface area contributed by atoms with Crippen molar-refractivity contribution >= 4 is 11.6 Å². The fraction of sp³-hybridized carbons (Fsp3) is 0.273. The average molecular weight is 371 g/mol. The molecule has 0 amide bonds. The lowest BCUT2D eigenvalue weighted by molar-refractivity contribution is 0.206. The van der Waals surface area contributed by atoms with Crippen molar-refractivity contribution in [3.8, 4) is 17.3 Å². The number of nitrogens with one attached hydrogen (secondary N) is 1. The van der Waals surface area contributed by atoms with Gasteiger partial charge in [-0.25, -0.2) is 9.97 Å². The topological polar surface area (TPSA) is 94.7 Å². The molecule has 1 aliphatic rings. The largest absolute Gasteiger partial charge is 0.395 e. The second kappa shape index (κ2) is 7.02. The lowest BCUT2D eigenvalue weighted by Crippen LogP contribution is -2.23. The van der Waals surface area contributed by atoms with Gasteiger partial charge >= 0.3 is 0 Å². The Hall–Kier alpha value is -3.30. The van der Waals surface area contributed by atoms with Crippen molar-refractivity contribution < 1.29 is 5.11 Å². The van der Waals surface area contributed by atoms with Gasteiger partial charge in [-0.05, 0) is 55.2 Å². The third-order valence-corrected chi connectivity index (χ3v) is 5.54. The van der Waals surface area contributed by atoms with Gasteiger partial charge in [0.2, 0.25) is 5.95 Å². The summed E-state index contributed by atoms with van der Waals surface area (Å²) in [5.74, 6) is 0.459. The molecule has 6 heteroatoms. The van der Waals surface area contributed by atoms with E-state index in [-0.39, 0.29) is 12.0 Å². The first-order chi connectivity index (χ1) is 13.5. The van der Waals surface area contributed by atoms with Crippen LogP contribution in [0.15, 0.2) is 42.7 Å². The van der Waals surface area contributed by atoms with Crippen LogP contribution in [0.3, 0.4) is 0 Å². The number of fused-ring (bicyclic) bond motifs is 1. The number of benzene rings is 1. The molecule has 0 saturated heterocycles. The number of hydrogen-bond acceptors (Lipinski definition) is 6. The van der Waals surface area contributed by atoms with Crippen LogP contribution in [0, 0.1) is 18.3 Å². The third kappa shape index (κ3) is 3.10. The number of aromatic nitrogens is 3. The third-order valence-electron chi connectivity index (χ3n) is 5.54. The molecule has 0 saturated carbocycles. The van der Waals surface area contributed by atoms with E-state index in [9.17, 15) is 10.4 Å². The first kappa shape index (κ1) is 18.1. The molecule has 0 aliphatic heterocycles. The Balaban J connectivity index is 1.68. The van der Waals surface area contributed by atoms with Gasteiger partial charge in [0.25, 0.3) is 0 Å². The molecule has 0 bridgehead atoms. The molecule has 0 radical (unpaired) electrons. The molecular formula is C22H21N5O. The molecule has 0 spiro atoms. The number of anilines is 2. The molecular weight excluding hydrogens is 350 g/mol. The second-order valence-corrected chi connectivity index (χ2v) is 7.42. The standard InChI is InChI=1S/C22H21N5O/c1-14-15(11-23)4-3-5-18(14)26-21-24-9-7-19(27-21)16-10-17-20(25-12-16)6-8-22(17,2)13-28/h3-5,7,9-10,12,28H,6,8,13H2,1-2H3,(H,24,26,27). The fourth-order valence-corrected chi connectivity index (χ4v) is 3.64. The van der Waals surface area contributed by atoms with Crippen LogP contribution in [0.2, 0.25) is 0 Å². The molecule has 0 fully saturated rings. The van der Waals surface area contributed by atoms with Gasteiger partial charge in [-0.1, -0.05) is 13.0 Å². The molecule has 1 unspecified atom stereocenters. The van der Waals surface area contributed by atoms with Crippen LogP contribution in [0.5, 0.6) is 0 Å². The van der Waals surface area contributed by atoms with Crippen molar-refractivity contribution in [3.05, 3.63) is 65.1 Å². The monoisotopic (exact) mass is 371 g/mol. The molecule has 140 valence electrons. The van der Waals surface area contributed by atoms with Crippen LogP contribution in [0.25, 0.3) is 11.3 Å². The molecule has 1 aliphatic carbocycles. The summed E-state index contributed by atoms with van der Waals surface area (Å²) in [7, 11) is 0. The van der Waals surface area contributed by atoms with Gasteiger partial charge in [-0.3, -0.25) is 4.98 Å². The van der Waals surface area contributed by atoms with Crippen molar-refractivity contribution in [1.29, 1.82) is 5.26 Å². The minimum Gasteiger partial charge on any atom is -0.395 e. The van der Waals surface area contributed by atoms with Crippen LogP contribution >= 0.6 is 0 Å². The van der Waals surface area contributed by atoms with E-state index < -0.39 is 0 Å². The van der Waals surface area contributed by atoms with Crippen LogP contribution in [0.1, 0.15) is 35.7 Å². The lowest BCUT2D eigenvalue weighted by Gasteiger charge is -2.22. The summed E-state index contributed by atoms with van der Waals surface area (Å²) in [5.41, 5.74) is 5.83. The zero-order valence-corrected chi connectivity index (χ0v) is 15.9. The molecule has 4 rings (SSSR count). The van der Waals surface area contributed by atoms with Gasteiger partial charge in [0.05, 0.1) is 23.9 Å². The highest BCUT2D eigenvalue weighted by Crippen LogP contribution is 2.39. The van der Waals surface area contributed by atoms with Gasteiger partial charge in [0, 0.05) is 34.8 Å². The Labute approximate surface area is 163 Å². The summed E-state index contributed by atoms with van der Waals surface area (Å²) in [6, 6.07) is 11.6. The molecule has 1 atom stereocenters. The lowest BCUT2D eigenvalue weighted by atomic mass is 9.85. The summed E-state index contributed by atoms with van der Waals surface area (Å²) in [6.45, 7) is 4.07. The predicted octanol–water partition coefficient (Wildman–Crippen LogP) is 3.66. The van der Waals surface area contributed by atoms with E-state index in [1.807, 2.05) is 31.3 Å². The number of pyridine rings is 1. The molecule has 3 aromatic rings. The number of aliphatic hydroxyl groups excluding tert-OH is 1. The quantitative estimate of drug-likeness (QED) is 0.727. The molecule has 2 N–H and O–H groups in total. The highest BCUT2D eigenvalue weighted by molar-refractivity contribution is 5.65. The Bertz CT molecular complexity index is 1090. The number of aryl methyl sites for hydroxylation is 1. The average Bonchev–Trinajstić information content (AvgIpc) is 3.07. The molecule has 6 nitrogen and oxygen atoms in total. The number of rotatable bonds is 4. The zero-order chi connectivity index (χ0) is 19.7. The number of nitrogens with zero attached hydrogens (tertiary/aromatic N) is 4. The van der Waals surface area contributed by atoms with E-state index in [4.69, 9.17) is 0 Å². The van der Waals surface area contributed by atoms with Gasteiger partial charge in [-0.15, -0.1) is 0 Å². The van der Waals surface area contributed by atoms with Crippen molar-refractivity contribution in [2.75, 3.05) is 11.9 Å². The molecule has 28 heavy (non-hydrogen) atoms. The Morgan fingerprint density at radius 3 is 2.93 bits per heavy atom. The molecule has 2 aromatic heterocycles. The summed E-state index contributed by atoms with van der Waals surface area (Å²) in [6.07, 6.45) is 5.32. The second-order valence-electron chi connectivity index (χ2n) is 7.42. The number of aliphatic hydroxyl groups is 1. The highest BCUT2D eigenvalue weighted by atomic mass is 16.3. The van der Waals surface area contributed by atoms with E-state index in [1.165, 1.54) is 0 Å². The van der Waals surface area contributed by atoms with Gasteiger partial charge in [0.15, 0.2) is 0 Å². The minimum absolute atomic E-state index is 0.107. The summed E-state index contributed by atoms with van der Waals surface area (Å²) < 4.78 is 0. The van der Waals surface area contributed by atoms with E-state index >= 15 is 0 Å². The predicted molar refractivity (Wildman–Crippen MR) is 107 cm³/mol. The van der Waals surface area contributed by atoms with Gasteiger partial charge in [0.1, 0.15) is 0 Å². The number of nitriles is 1. The summed E-state index contributed by atoms with van der Waals surface area (Å²) >= 11 is 0. The fourth-order valence-electron chi connectivity index (χ4n) is 3.64. The first-order valence-corrected chi connectivity index (χ1v) is 9.24. The highest BCUT2D eigenvalue weighted by Gasteiger charge is 2.34. The smallest absolute Gasteiger partial charge is 0.227 e. The normalized spacial score (nSPS) is 17.8. The Morgan fingerprint density at radius 2 is 2.14 bits per heavy atom. The maximum absolute atomic E-state index is 9.82. The first-order valence-electron chi connectivity index (χ1n) is 9.24. The Morgan fingerprint density at radius 1 is 1.29 bits per heavy atom. The maximum atomic E-state index is 9.82. The minimum atomic E-state index is -0.249. The van der Waals surface area contributed by atoms with Crippen LogP contribution in [0.4, 0.5) is 11.6 Å². The molecule has 2 heterocycles. The van der Waals surface area contributed by atoms with Gasteiger partial charge in [-0.2, -0.15) is 5.26 Å². The van der Waals surface area contributed by atoms with E-state index in [2.05, 4.69) is 39.3 Å². The van der Waals surface area contributed by atoms with Crippen molar-refractivity contribution in [2.24, 2.45) is 0 Å². The van der Waals surface area contributed by atoms with Crippen molar-refractivity contribution in [1.82, 2.24) is 15.0 Å². The van der Waals surface area contributed by atoms with Gasteiger partial charge < -0.3 is 10.4 Å². The van der Waals surface area contributed by atoms with Crippen LogP contribution in [-0.4, -0.2) is 26.7 Å². The van der Waals surface area contributed by atoms with Crippen molar-refractivity contribution in [2.45, 2.75) is 32.1 Å². The SMILES string of the molecule is Cc1c(C#N)cccc1Nc1nccc(-c2cnc3c(c2)C(C)(CO)CC3)n1. The van der Waals surface area contributed by atoms with E-state index in [0.717, 1.165) is 46.6 Å². The Kier molecular flexibility index (Phi) is 4.54. The van der Waals surface area contributed by atoms with E-state index in [0.29, 0.717) is 11.5 Å². The zero-order valence-electron chi connectivity index (χ0n) is 15.9. The maximum Gasteiger partial charge on any atom is 0.227 e. The van der Waals surface area contributed by atoms with E-state index in [1.54, 1.807) is 12.3 Å².